The van der Waals surface area contributed by atoms with Crippen molar-refractivity contribution in [1.29, 1.82) is 0 Å². The molecule has 2 aliphatic rings. The Morgan fingerprint density at radius 3 is 2.44 bits per heavy atom. The van der Waals surface area contributed by atoms with Crippen molar-refractivity contribution in [3.05, 3.63) is 0 Å². The first-order valence-electron chi connectivity index (χ1n) is 5.80. The van der Waals surface area contributed by atoms with Gasteiger partial charge in [0.05, 0.1) is 0 Å². The Kier molecular flexibility index (Phi) is 2.78. The lowest BCUT2D eigenvalue weighted by Gasteiger charge is -2.39. The molecule has 0 radical (unpaired) electrons. The molecule has 0 bridgehead atoms. The van der Waals surface area contributed by atoms with Crippen LogP contribution in [0.5, 0.6) is 0 Å². The van der Waals surface area contributed by atoms with Gasteiger partial charge in [-0.15, -0.1) is 0 Å². The minimum Gasteiger partial charge on any atom is -0.480 e. The van der Waals surface area contributed by atoms with Gasteiger partial charge in [-0.2, -0.15) is 0 Å². The SMILES string of the molecule is CN(CC1CC1)C(=O)NC1(C(=O)O)CCC1. The van der Waals surface area contributed by atoms with Crippen LogP contribution in [0.1, 0.15) is 32.1 Å². The van der Waals surface area contributed by atoms with Crippen LogP contribution in [-0.2, 0) is 4.79 Å². The number of amides is 2. The molecule has 2 N–H and O–H groups in total. The first-order valence-corrected chi connectivity index (χ1v) is 5.80. The van der Waals surface area contributed by atoms with E-state index in [4.69, 9.17) is 5.11 Å². The first kappa shape index (κ1) is 11.2. The molecule has 2 saturated carbocycles. The van der Waals surface area contributed by atoms with Crippen molar-refractivity contribution >= 4 is 12.0 Å². The number of urea groups is 1. The van der Waals surface area contributed by atoms with Gasteiger partial charge in [0.15, 0.2) is 0 Å². The number of hydrogen-bond donors (Lipinski definition) is 2. The zero-order valence-electron chi connectivity index (χ0n) is 9.53. The van der Waals surface area contributed by atoms with E-state index < -0.39 is 11.5 Å². The van der Waals surface area contributed by atoms with Crippen molar-refractivity contribution < 1.29 is 14.7 Å². The molecule has 2 amide bonds. The number of rotatable bonds is 4. The van der Waals surface area contributed by atoms with Crippen LogP contribution in [0.15, 0.2) is 0 Å². The van der Waals surface area contributed by atoms with Crippen LogP contribution >= 0.6 is 0 Å². The monoisotopic (exact) mass is 226 g/mol. The topological polar surface area (TPSA) is 69.6 Å². The van der Waals surface area contributed by atoms with E-state index in [1.165, 1.54) is 12.8 Å². The summed E-state index contributed by atoms with van der Waals surface area (Å²) < 4.78 is 0. The summed E-state index contributed by atoms with van der Waals surface area (Å²) in [6.07, 6.45) is 4.33. The highest BCUT2D eigenvalue weighted by atomic mass is 16.4. The van der Waals surface area contributed by atoms with Gasteiger partial charge < -0.3 is 15.3 Å². The molecule has 2 aliphatic carbocycles. The summed E-state index contributed by atoms with van der Waals surface area (Å²) >= 11 is 0. The fourth-order valence-corrected chi connectivity index (χ4v) is 1.99. The highest BCUT2D eigenvalue weighted by molar-refractivity contribution is 5.87. The Balaban J connectivity index is 1.87. The molecule has 0 aromatic carbocycles. The first-order chi connectivity index (χ1) is 7.53. The molecule has 16 heavy (non-hydrogen) atoms. The van der Waals surface area contributed by atoms with Gasteiger partial charge in [0.2, 0.25) is 0 Å². The van der Waals surface area contributed by atoms with Gasteiger partial charge in [0, 0.05) is 13.6 Å². The largest absolute Gasteiger partial charge is 0.480 e. The summed E-state index contributed by atoms with van der Waals surface area (Å²) in [5.74, 6) is -0.287. The maximum Gasteiger partial charge on any atom is 0.329 e. The summed E-state index contributed by atoms with van der Waals surface area (Å²) in [4.78, 5) is 24.4. The molecule has 0 spiro atoms. The van der Waals surface area contributed by atoms with E-state index in [1.807, 2.05) is 0 Å². The lowest BCUT2D eigenvalue weighted by atomic mass is 9.77. The number of carboxylic acid groups (broad SMARTS) is 1. The number of carbonyl (C=O) groups is 2. The number of carboxylic acids is 1. The summed E-state index contributed by atoms with van der Waals surface area (Å²) in [6, 6.07) is -0.256. The maximum atomic E-state index is 11.8. The molecular formula is C11H18N2O3. The minimum atomic E-state index is -0.991. The van der Waals surface area contributed by atoms with E-state index in [0.717, 1.165) is 13.0 Å². The number of nitrogens with one attached hydrogen (secondary N) is 1. The quantitative estimate of drug-likeness (QED) is 0.752. The Bertz CT molecular complexity index is 308. The second-order valence-corrected chi connectivity index (χ2v) is 4.99. The number of nitrogens with zero attached hydrogens (tertiary/aromatic N) is 1. The van der Waals surface area contributed by atoms with Gasteiger partial charge in [0.1, 0.15) is 5.54 Å². The number of aliphatic carboxylic acids is 1. The third kappa shape index (κ3) is 2.13. The summed E-state index contributed by atoms with van der Waals surface area (Å²) in [5.41, 5.74) is -0.991. The van der Waals surface area contributed by atoms with Crippen molar-refractivity contribution in [3.8, 4) is 0 Å². The Hall–Kier alpha value is -1.26. The second-order valence-electron chi connectivity index (χ2n) is 4.99. The van der Waals surface area contributed by atoms with Gasteiger partial charge in [-0.25, -0.2) is 9.59 Å². The fraction of sp³-hybridized carbons (Fsp3) is 0.818. The molecule has 0 aliphatic heterocycles. The van der Waals surface area contributed by atoms with Gasteiger partial charge >= 0.3 is 12.0 Å². The van der Waals surface area contributed by atoms with Crippen molar-refractivity contribution in [3.63, 3.8) is 0 Å². The van der Waals surface area contributed by atoms with Crippen molar-refractivity contribution in [2.75, 3.05) is 13.6 Å². The Labute approximate surface area is 94.8 Å². The number of hydrogen-bond acceptors (Lipinski definition) is 2. The zero-order valence-corrected chi connectivity index (χ0v) is 9.53. The van der Waals surface area contributed by atoms with Crippen LogP contribution in [0.4, 0.5) is 4.79 Å². The third-order valence-electron chi connectivity index (χ3n) is 3.54. The van der Waals surface area contributed by atoms with E-state index in [0.29, 0.717) is 18.8 Å². The molecule has 90 valence electrons. The Morgan fingerprint density at radius 2 is 2.06 bits per heavy atom. The van der Waals surface area contributed by atoms with Crippen LogP contribution in [-0.4, -0.2) is 41.1 Å². The predicted molar refractivity (Wildman–Crippen MR) is 58.1 cm³/mol. The standard InChI is InChI=1S/C11H18N2O3/c1-13(7-8-3-4-8)10(16)12-11(9(14)15)5-2-6-11/h8H,2-7H2,1H3,(H,12,16)(H,14,15). The molecule has 2 fully saturated rings. The normalized spacial score (nSPS) is 22.1. The van der Waals surface area contributed by atoms with Gasteiger partial charge in [0.25, 0.3) is 0 Å². The van der Waals surface area contributed by atoms with Crippen molar-refractivity contribution in [2.24, 2.45) is 5.92 Å². The van der Waals surface area contributed by atoms with E-state index in [9.17, 15) is 9.59 Å². The minimum absolute atomic E-state index is 0.256. The van der Waals surface area contributed by atoms with Crippen molar-refractivity contribution in [1.82, 2.24) is 10.2 Å². The van der Waals surface area contributed by atoms with Crippen molar-refractivity contribution in [2.45, 2.75) is 37.6 Å². The molecule has 5 heteroatoms. The summed E-state index contributed by atoms with van der Waals surface area (Å²) in [7, 11) is 1.72. The molecule has 0 heterocycles. The molecule has 2 rings (SSSR count). The fourth-order valence-electron chi connectivity index (χ4n) is 1.99. The van der Waals surface area contributed by atoms with E-state index in [1.54, 1.807) is 11.9 Å². The van der Waals surface area contributed by atoms with Gasteiger partial charge in [-0.1, -0.05) is 0 Å². The van der Waals surface area contributed by atoms with E-state index >= 15 is 0 Å². The molecule has 0 aromatic heterocycles. The average Bonchev–Trinajstić information content (AvgIpc) is 2.93. The summed E-state index contributed by atoms with van der Waals surface area (Å²) in [5, 5.41) is 11.7. The van der Waals surface area contributed by atoms with E-state index in [-0.39, 0.29) is 6.03 Å². The molecule has 5 nitrogen and oxygen atoms in total. The zero-order chi connectivity index (χ0) is 11.8. The third-order valence-corrected chi connectivity index (χ3v) is 3.54. The lowest BCUT2D eigenvalue weighted by molar-refractivity contribution is -0.148. The molecule has 0 aromatic rings. The molecular weight excluding hydrogens is 208 g/mol. The highest BCUT2D eigenvalue weighted by Gasteiger charge is 2.46. The van der Waals surface area contributed by atoms with Crippen LogP contribution in [0.25, 0.3) is 0 Å². The molecule has 0 unspecified atom stereocenters. The van der Waals surface area contributed by atoms with Crippen LogP contribution in [0, 0.1) is 5.92 Å². The average molecular weight is 226 g/mol. The molecule has 0 saturated heterocycles. The maximum absolute atomic E-state index is 11.8. The summed E-state index contributed by atoms with van der Waals surface area (Å²) in [6.45, 7) is 0.738. The lowest BCUT2D eigenvalue weighted by Crippen LogP contribution is -2.61. The van der Waals surface area contributed by atoms with Crippen LogP contribution in [0.3, 0.4) is 0 Å². The predicted octanol–water partition coefficient (Wildman–Crippen LogP) is 1.05. The van der Waals surface area contributed by atoms with E-state index in [2.05, 4.69) is 5.32 Å². The van der Waals surface area contributed by atoms with Gasteiger partial charge in [-0.05, 0) is 38.0 Å². The van der Waals surface area contributed by atoms with Crippen LogP contribution in [0.2, 0.25) is 0 Å². The van der Waals surface area contributed by atoms with Crippen LogP contribution < -0.4 is 5.32 Å². The Morgan fingerprint density at radius 1 is 1.44 bits per heavy atom. The number of carbonyl (C=O) groups excluding carboxylic acids is 1. The van der Waals surface area contributed by atoms with Gasteiger partial charge in [-0.3, -0.25) is 0 Å². The smallest absolute Gasteiger partial charge is 0.329 e. The molecule has 0 atom stereocenters. The highest BCUT2D eigenvalue weighted by Crippen LogP contribution is 2.33. The second kappa shape index (κ2) is 3.96.